The second-order valence-electron chi connectivity index (χ2n) is 21.2. The first kappa shape index (κ1) is 47.0. The maximum absolute atomic E-state index is 15.5. The fraction of sp³-hybridized carbons (Fsp3) is 0.596. The number of aromatic nitrogens is 1. The number of methoxy groups -OCH3 is 1. The van der Waals surface area contributed by atoms with Crippen molar-refractivity contribution in [2.75, 3.05) is 13.7 Å². The summed E-state index contributed by atoms with van der Waals surface area (Å²) in [5, 5.41) is 0.933. The van der Waals surface area contributed by atoms with Gasteiger partial charge in [0, 0.05) is 23.8 Å². The Kier molecular flexibility index (Phi) is 12.7. The molecule has 6 aliphatic rings. The van der Waals surface area contributed by atoms with Gasteiger partial charge in [0.2, 0.25) is 27.7 Å². The number of halogens is 1. The summed E-state index contributed by atoms with van der Waals surface area (Å²) < 4.78 is 67.5. The summed E-state index contributed by atoms with van der Waals surface area (Å²) in [6, 6.07) is 11.0. The third-order valence-electron chi connectivity index (χ3n) is 15.5. The Bertz CT molecular complexity index is 2570. The lowest BCUT2D eigenvalue weighted by atomic mass is 9.82. The van der Waals surface area contributed by atoms with Crippen LogP contribution < -0.4 is 18.9 Å². The number of sulfonamides is 1. The molecule has 360 valence electrons. The fourth-order valence-electron chi connectivity index (χ4n) is 11.0. The molecule has 4 aliphatic carbocycles. The van der Waals surface area contributed by atoms with E-state index < -0.39 is 61.7 Å². The second-order valence-corrected chi connectivity index (χ2v) is 23.4. The molecule has 1 saturated heterocycles. The van der Waals surface area contributed by atoms with E-state index >= 15 is 14.0 Å². The smallest absolute Gasteiger partial charge is 0.306 e. The summed E-state index contributed by atoms with van der Waals surface area (Å²) in [4.78, 5) is 64.7. The number of carbonyl (C=O) groups excluding carboxylic acids is 4. The first-order valence-corrected chi connectivity index (χ1v) is 25.7. The predicted octanol–water partition coefficient (Wildman–Crippen LogP) is 8.51. The molecule has 0 radical (unpaired) electrons. The van der Waals surface area contributed by atoms with Gasteiger partial charge in [-0.2, -0.15) is 0 Å². The van der Waals surface area contributed by atoms with Crippen molar-refractivity contribution < 1.29 is 50.9 Å². The van der Waals surface area contributed by atoms with E-state index in [-0.39, 0.29) is 79.7 Å². The minimum atomic E-state index is -4.01. The van der Waals surface area contributed by atoms with Gasteiger partial charge in [-0.05, 0) is 156 Å². The number of esters is 1. The first-order chi connectivity index (χ1) is 31.8. The molecule has 0 spiro atoms. The van der Waals surface area contributed by atoms with Crippen LogP contribution in [0.15, 0.2) is 54.6 Å². The monoisotopic (exact) mass is 941 g/mol. The van der Waals surface area contributed by atoms with E-state index in [1.54, 1.807) is 13.0 Å². The summed E-state index contributed by atoms with van der Waals surface area (Å²) >= 11 is 0. The van der Waals surface area contributed by atoms with E-state index in [0.717, 1.165) is 24.8 Å². The number of rotatable bonds is 12. The zero-order valence-electron chi connectivity index (χ0n) is 39.4. The van der Waals surface area contributed by atoms with E-state index in [1.165, 1.54) is 24.5 Å². The van der Waals surface area contributed by atoms with E-state index in [9.17, 15) is 18.0 Å². The summed E-state index contributed by atoms with van der Waals surface area (Å²) in [5.74, 6) is -1.85. The molecule has 2 amide bonds. The maximum Gasteiger partial charge on any atom is 0.306 e. The summed E-state index contributed by atoms with van der Waals surface area (Å²) in [6.07, 6.45) is 8.63. The number of ether oxygens (including phenoxy) is 4. The van der Waals surface area contributed by atoms with Crippen LogP contribution >= 0.6 is 0 Å². The average molecular weight is 942 g/mol. The van der Waals surface area contributed by atoms with Crippen LogP contribution in [0.25, 0.3) is 22.0 Å². The van der Waals surface area contributed by atoms with Crippen LogP contribution in [0.4, 0.5) is 4.39 Å². The molecule has 5 fully saturated rings. The first-order valence-electron chi connectivity index (χ1n) is 24.2. The highest BCUT2D eigenvalue weighted by Gasteiger charge is 2.63. The minimum Gasteiger partial charge on any atom is -0.494 e. The molecule has 4 saturated carbocycles. The van der Waals surface area contributed by atoms with E-state index in [2.05, 4.69) is 11.6 Å². The van der Waals surface area contributed by atoms with Gasteiger partial charge < -0.3 is 23.8 Å². The molecular formula is C52H64FN3O10S. The number of fused-ring (bicyclic) bond motifs is 4. The SMILES string of the molecule is COc1cc2cc(-c3ccc(OC(C)C)cc3)nc(O[C@@H]3C[C@H]4C(=O)C[C@]5(C(=O)NS(=O)(=O)C6(C)CC6)C[C@H]5/C=C\CC[C@H](C)C[C@@H](C)[C@H](CC(=O)OC5C[C@@H]6C[C@@H]6C5)C(=O)N4C3)c2cc1F. The van der Waals surface area contributed by atoms with Crippen molar-refractivity contribution >= 4 is 44.4 Å². The molecule has 2 aromatic carbocycles. The van der Waals surface area contributed by atoms with E-state index in [0.29, 0.717) is 59.7 Å². The summed E-state index contributed by atoms with van der Waals surface area (Å²) in [5.41, 5.74) is -0.0796. The molecule has 67 heavy (non-hydrogen) atoms. The topological polar surface area (TPSA) is 167 Å². The van der Waals surface area contributed by atoms with Gasteiger partial charge in [0.1, 0.15) is 18.0 Å². The Morgan fingerprint density at radius 3 is 2.40 bits per heavy atom. The number of carbonyl (C=O) groups is 4. The minimum absolute atomic E-state index is 0.0131. The van der Waals surface area contributed by atoms with Crippen molar-refractivity contribution in [3.8, 4) is 28.6 Å². The molecule has 15 heteroatoms. The molecular weight excluding hydrogens is 878 g/mol. The van der Waals surface area contributed by atoms with Crippen molar-refractivity contribution in [1.82, 2.24) is 14.6 Å². The molecule has 2 aliphatic heterocycles. The number of Topliss-reactive ketones (excluding diaryl/α,β-unsaturated/α-hetero) is 1. The Morgan fingerprint density at radius 1 is 0.985 bits per heavy atom. The summed E-state index contributed by atoms with van der Waals surface area (Å²) in [6.45, 7) is 9.53. The van der Waals surface area contributed by atoms with Gasteiger partial charge in [-0.1, -0.05) is 26.0 Å². The average Bonchev–Trinajstić information content (AvgIpc) is 4.23. The van der Waals surface area contributed by atoms with Gasteiger partial charge >= 0.3 is 5.97 Å². The summed E-state index contributed by atoms with van der Waals surface area (Å²) in [7, 11) is -2.62. The number of nitrogens with zero attached hydrogens (tertiary/aromatic N) is 2. The Balaban J connectivity index is 1.06. The van der Waals surface area contributed by atoms with Crippen LogP contribution in [-0.2, 0) is 33.9 Å². The van der Waals surface area contributed by atoms with Gasteiger partial charge in [-0.25, -0.2) is 17.8 Å². The maximum atomic E-state index is 15.5. The van der Waals surface area contributed by atoms with Crippen LogP contribution in [0.5, 0.6) is 17.4 Å². The van der Waals surface area contributed by atoms with Gasteiger partial charge in [0.15, 0.2) is 17.3 Å². The second kappa shape index (κ2) is 18.1. The van der Waals surface area contributed by atoms with Crippen molar-refractivity contribution in [2.24, 2.45) is 40.9 Å². The molecule has 3 heterocycles. The van der Waals surface area contributed by atoms with Gasteiger partial charge in [-0.3, -0.25) is 23.9 Å². The molecule has 0 bridgehead atoms. The third kappa shape index (κ3) is 9.81. The van der Waals surface area contributed by atoms with Crippen molar-refractivity contribution in [1.29, 1.82) is 0 Å². The molecule has 1 aromatic heterocycles. The highest BCUT2D eigenvalue weighted by Crippen LogP contribution is 2.58. The molecule has 10 atom stereocenters. The highest BCUT2D eigenvalue weighted by atomic mass is 32.2. The molecule has 1 unspecified atom stereocenters. The van der Waals surface area contributed by atoms with Gasteiger partial charge in [-0.15, -0.1) is 0 Å². The molecule has 3 aromatic rings. The lowest BCUT2D eigenvalue weighted by Crippen LogP contribution is -2.48. The van der Waals surface area contributed by atoms with Crippen LogP contribution in [0.3, 0.4) is 0 Å². The molecule has 13 nitrogen and oxygen atoms in total. The lowest BCUT2D eigenvalue weighted by Gasteiger charge is -2.32. The van der Waals surface area contributed by atoms with Crippen LogP contribution in [0.2, 0.25) is 0 Å². The van der Waals surface area contributed by atoms with E-state index in [4.69, 9.17) is 23.9 Å². The zero-order valence-corrected chi connectivity index (χ0v) is 40.2. The van der Waals surface area contributed by atoms with Crippen molar-refractivity contribution in [3.63, 3.8) is 0 Å². The van der Waals surface area contributed by atoms with Crippen LogP contribution in [-0.4, -0.2) is 84.6 Å². The Labute approximate surface area is 393 Å². The zero-order chi connectivity index (χ0) is 47.6. The van der Waals surface area contributed by atoms with Crippen molar-refractivity contribution in [3.05, 3.63) is 60.4 Å². The van der Waals surface area contributed by atoms with Crippen molar-refractivity contribution in [2.45, 2.75) is 141 Å². The van der Waals surface area contributed by atoms with Crippen LogP contribution in [0, 0.1) is 46.7 Å². The highest BCUT2D eigenvalue weighted by molar-refractivity contribution is 7.91. The number of nitrogens with one attached hydrogen (secondary N) is 1. The number of benzene rings is 2. The fourth-order valence-corrected chi connectivity index (χ4v) is 12.3. The Morgan fingerprint density at radius 2 is 1.72 bits per heavy atom. The van der Waals surface area contributed by atoms with Gasteiger partial charge in [0.05, 0.1) is 54.0 Å². The Hall–Kier alpha value is -5.05. The normalized spacial score (nSPS) is 31.7. The number of amides is 2. The predicted molar refractivity (Wildman–Crippen MR) is 249 cm³/mol. The van der Waals surface area contributed by atoms with Gasteiger partial charge in [0.25, 0.3) is 0 Å². The lowest BCUT2D eigenvalue weighted by molar-refractivity contribution is -0.155. The number of allylic oxidation sites excluding steroid dienone is 2. The number of hydrogen-bond acceptors (Lipinski definition) is 11. The largest absolute Gasteiger partial charge is 0.494 e. The quantitative estimate of drug-likeness (QED) is 0.137. The third-order valence-corrected chi connectivity index (χ3v) is 17.7. The van der Waals surface area contributed by atoms with Crippen LogP contribution in [0.1, 0.15) is 112 Å². The number of pyridine rings is 1. The molecule has 9 rings (SSSR count). The number of hydrogen-bond donors (Lipinski definition) is 1. The molecule has 1 N–H and O–H groups in total. The number of ketones is 1. The standard InChI is InChI=1S/C52H64FN3O10S/c1-29(2)64-37-13-11-32(12-14-37)43-21-35-22-46(63-6)42(53)24-41(35)48(54-43)66-39-23-44-45(57)27-52(50(60)55-67(61,62)51(5)15-16-51)26-36(52)10-8-7-9-30(3)17-31(4)40(49(59)56(44)28-39)25-47(58)65-38-19-33-18-34(33)20-38/h8,10-14,21-22,24,29-31,33-34,36,38-40,44H,7,9,15-20,23,25-28H2,1-6H3,(H,55,60)/b10-8-/t30-,31+,33-,34+,36+,38?,39+,40-,44-,52+/m0/s1. The van der Waals surface area contributed by atoms with E-state index in [1.807, 2.05) is 63.3 Å².